The lowest BCUT2D eigenvalue weighted by molar-refractivity contribution is 0.0880. The first-order valence-corrected chi connectivity index (χ1v) is 7.23. The number of nitrogens with one attached hydrogen (secondary N) is 2. The van der Waals surface area contributed by atoms with Gasteiger partial charge in [0.2, 0.25) is 5.82 Å². The summed E-state index contributed by atoms with van der Waals surface area (Å²) in [6.45, 7) is 1.79. The number of carbonyl (C=O) groups excluding carboxylic acids is 2. The first-order chi connectivity index (χ1) is 12.0. The van der Waals surface area contributed by atoms with Crippen LogP contribution in [-0.2, 0) is 0 Å². The zero-order valence-corrected chi connectivity index (χ0v) is 12.9. The molecule has 2 amide bonds. The molecule has 10 heteroatoms. The molecule has 1 aliphatic rings. The number of rotatable bonds is 2. The molecule has 0 radical (unpaired) electrons. The number of H-pyrrole nitrogens is 1. The molecule has 0 bridgehead atoms. The zero-order valence-electron chi connectivity index (χ0n) is 12.9. The van der Waals surface area contributed by atoms with E-state index in [1.807, 2.05) is 0 Å². The third-order valence-electron chi connectivity index (χ3n) is 4.01. The Labute approximate surface area is 139 Å². The van der Waals surface area contributed by atoms with E-state index in [0.29, 0.717) is 17.1 Å². The molecule has 1 aromatic carbocycles. The van der Waals surface area contributed by atoms with Crippen LogP contribution in [0.4, 0.5) is 5.82 Å². The van der Waals surface area contributed by atoms with E-state index in [1.165, 1.54) is 4.57 Å². The number of aryl methyl sites for hydroxylation is 1. The number of fused-ring (bicyclic) bond motifs is 1. The van der Waals surface area contributed by atoms with Gasteiger partial charge in [-0.15, -0.1) is 10.2 Å². The number of aromatic amines is 1. The monoisotopic (exact) mass is 337 g/mol. The van der Waals surface area contributed by atoms with Crippen LogP contribution in [0.25, 0.3) is 17.1 Å². The van der Waals surface area contributed by atoms with Crippen molar-refractivity contribution in [2.75, 3.05) is 5.73 Å². The van der Waals surface area contributed by atoms with Gasteiger partial charge in [0.1, 0.15) is 5.82 Å². The van der Waals surface area contributed by atoms with Crippen molar-refractivity contribution in [2.24, 2.45) is 0 Å². The molecule has 3 heterocycles. The molecule has 0 saturated carbocycles. The molecule has 4 rings (SSSR count). The van der Waals surface area contributed by atoms with Crippen LogP contribution in [0.3, 0.4) is 0 Å². The number of carbonyl (C=O) groups is 2. The second kappa shape index (κ2) is 5.09. The summed E-state index contributed by atoms with van der Waals surface area (Å²) in [5.74, 6) is -1.01. The highest BCUT2D eigenvalue weighted by atomic mass is 16.2. The lowest BCUT2D eigenvalue weighted by Gasteiger charge is -2.14. The molecule has 0 fully saturated rings. The summed E-state index contributed by atoms with van der Waals surface area (Å²) in [5.41, 5.74) is 7.33. The number of hydrogen-bond donors (Lipinski definition) is 3. The summed E-state index contributed by atoms with van der Waals surface area (Å²) in [7, 11) is 0. The van der Waals surface area contributed by atoms with Crippen molar-refractivity contribution in [3.8, 4) is 17.1 Å². The molecule has 0 unspecified atom stereocenters. The van der Waals surface area contributed by atoms with Gasteiger partial charge in [-0.2, -0.15) is 5.21 Å². The Morgan fingerprint density at radius 2 is 1.92 bits per heavy atom. The Morgan fingerprint density at radius 1 is 1.12 bits per heavy atom. The molecule has 0 saturated heterocycles. The SMILES string of the molecule is Cc1ccc(-c2nn[nH]n2)cc1-n1c(N)c2c(cc1=O)C(=O)NC2=O. The molecule has 2 aromatic heterocycles. The fourth-order valence-corrected chi connectivity index (χ4v) is 2.80. The van der Waals surface area contributed by atoms with Gasteiger partial charge >= 0.3 is 0 Å². The molecule has 124 valence electrons. The van der Waals surface area contributed by atoms with E-state index < -0.39 is 17.4 Å². The quantitative estimate of drug-likeness (QED) is 0.548. The molecule has 0 aliphatic carbocycles. The number of tetrazole rings is 1. The summed E-state index contributed by atoms with van der Waals surface area (Å²) in [5, 5.41) is 15.8. The van der Waals surface area contributed by atoms with Crippen LogP contribution >= 0.6 is 0 Å². The van der Waals surface area contributed by atoms with E-state index in [-0.39, 0.29) is 16.9 Å². The Morgan fingerprint density at radius 3 is 2.64 bits per heavy atom. The average Bonchev–Trinajstić information content (AvgIpc) is 3.18. The number of pyridine rings is 1. The summed E-state index contributed by atoms with van der Waals surface area (Å²) < 4.78 is 1.19. The van der Waals surface area contributed by atoms with Crippen LogP contribution in [0, 0.1) is 6.92 Å². The predicted molar refractivity (Wildman–Crippen MR) is 86.2 cm³/mol. The van der Waals surface area contributed by atoms with Crippen LogP contribution in [0.15, 0.2) is 29.1 Å². The van der Waals surface area contributed by atoms with Crippen LogP contribution in [0.5, 0.6) is 0 Å². The van der Waals surface area contributed by atoms with Crippen molar-refractivity contribution >= 4 is 17.6 Å². The summed E-state index contributed by atoms with van der Waals surface area (Å²) >= 11 is 0. The van der Waals surface area contributed by atoms with Crippen LogP contribution in [-0.4, -0.2) is 37.0 Å². The van der Waals surface area contributed by atoms with Gasteiger partial charge in [0, 0.05) is 11.6 Å². The second-order valence-corrected chi connectivity index (χ2v) is 5.51. The molecule has 0 atom stereocenters. The van der Waals surface area contributed by atoms with E-state index in [1.54, 1.807) is 25.1 Å². The van der Waals surface area contributed by atoms with Gasteiger partial charge in [0.15, 0.2) is 0 Å². The van der Waals surface area contributed by atoms with Gasteiger partial charge < -0.3 is 5.73 Å². The molecule has 1 aliphatic heterocycles. The van der Waals surface area contributed by atoms with Crippen LogP contribution in [0.2, 0.25) is 0 Å². The first kappa shape index (κ1) is 14.8. The van der Waals surface area contributed by atoms with Gasteiger partial charge in [-0.1, -0.05) is 12.1 Å². The minimum Gasteiger partial charge on any atom is -0.384 e. The minimum atomic E-state index is -0.631. The molecular formula is C15H11N7O3. The van der Waals surface area contributed by atoms with E-state index >= 15 is 0 Å². The Hall–Kier alpha value is -3.82. The second-order valence-electron chi connectivity index (χ2n) is 5.51. The number of nitrogens with zero attached hydrogens (tertiary/aromatic N) is 4. The summed E-state index contributed by atoms with van der Waals surface area (Å²) in [6, 6.07) is 6.31. The number of anilines is 1. The molecule has 0 spiro atoms. The molecule has 10 nitrogen and oxygen atoms in total. The normalized spacial score (nSPS) is 13.0. The topological polar surface area (TPSA) is 149 Å². The van der Waals surface area contributed by atoms with Crippen molar-refractivity contribution in [3.63, 3.8) is 0 Å². The standard InChI is InChI=1S/C15H11N7O3/c1-6-2-3-7(13-18-20-21-19-13)4-9(6)22-10(23)5-8-11(12(22)16)15(25)17-14(8)24/h2-5H,16H2,1H3,(H,17,24,25)(H,18,19,20,21). The Bertz CT molecular complexity index is 1100. The smallest absolute Gasteiger partial charge is 0.262 e. The van der Waals surface area contributed by atoms with Gasteiger partial charge in [-0.05, 0) is 23.8 Å². The van der Waals surface area contributed by atoms with Crippen molar-refractivity contribution < 1.29 is 9.59 Å². The maximum absolute atomic E-state index is 12.5. The fourth-order valence-electron chi connectivity index (χ4n) is 2.80. The maximum Gasteiger partial charge on any atom is 0.262 e. The molecule has 4 N–H and O–H groups in total. The van der Waals surface area contributed by atoms with E-state index in [2.05, 4.69) is 25.9 Å². The Balaban J connectivity index is 1.99. The van der Waals surface area contributed by atoms with E-state index in [9.17, 15) is 14.4 Å². The lowest BCUT2D eigenvalue weighted by atomic mass is 10.1. The van der Waals surface area contributed by atoms with E-state index in [4.69, 9.17) is 5.73 Å². The highest BCUT2D eigenvalue weighted by Gasteiger charge is 2.32. The van der Waals surface area contributed by atoms with Crippen LogP contribution < -0.4 is 16.6 Å². The van der Waals surface area contributed by atoms with Crippen molar-refractivity contribution in [2.45, 2.75) is 6.92 Å². The third-order valence-corrected chi connectivity index (χ3v) is 4.01. The largest absolute Gasteiger partial charge is 0.384 e. The zero-order chi connectivity index (χ0) is 17.7. The summed E-state index contributed by atoms with van der Waals surface area (Å²) in [4.78, 5) is 36.3. The van der Waals surface area contributed by atoms with E-state index in [0.717, 1.165) is 11.6 Å². The maximum atomic E-state index is 12.5. The Kier molecular flexibility index (Phi) is 3.01. The average molecular weight is 337 g/mol. The first-order valence-electron chi connectivity index (χ1n) is 7.23. The lowest BCUT2D eigenvalue weighted by Crippen LogP contribution is -2.24. The number of nitrogen functional groups attached to an aromatic ring is 1. The van der Waals surface area contributed by atoms with Gasteiger partial charge in [0.05, 0.1) is 16.8 Å². The number of aromatic nitrogens is 5. The fraction of sp³-hybridized carbons (Fsp3) is 0.0667. The van der Waals surface area contributed by atoms with Gasteiger partial charge in [-0.3, -0.25) is 24.3 Å². The number of nitrogens with two attached hydrogens (primary N) is 1. The highest BCUT2D eigenvalue weighted by molar-refractivity contribution is 6.23. The van der Waals surface area contributed by atoms with Crippen molar-refractivity contribution in [1.82, 2.24) is 30.5 Å². The predicted octanol–water partition coefficient (Wildman–Crippen LogP) is -0.208. The molecule has 3 aromatic rings. The molecular weight excluding hydrogens is 326 g/mol. The van der Waals surface area contributed by atoms with Crippen LogP contribution in [0.1, 0.15) is 26.3 Å². The van der Waals surface area contributed by atoms with Gasteiger partial charge in [-0.25, -0.2) is 0 Å². The number of benzene rings is 1. The van der Waals surface area contributed by atoms with Gasteiger partial charge in [0.25, 0.3) is 17.4 Å². The number of imide groups is 1. The minimum absolute atomic E-state index is 0.00559. The van der Waals surface area contributed by atoms with Crippen molar-refractivity contribution in [1.29, 1.82) is 0 Å². The summed E-state index contributed by atoms with van der Waals surface area (Å²) in [6.07, 6.45) is 0. The highest BCUT2D eigenvalue weighted by Crippen LogP contribution is 2.26. The molecule has 25 heavy (non-hydrogen) atoms. The number of hydrogen-bond acceptors (Lipinski definition) is 7. The third kappa shape index (κ3) is 2.11. The number of amides is 2. The van der Waals surface area contributed by atoms with Crippen molar-refractivity contribution in [3.05, 3.63) is 51.3 Å².